The van der Waals surface area contributed by atoms with E-state index in [1.807, 2.05) is 12.1 Å². The van der Waals surface area contributed by atoms with Crippen LogP contribution in [-0.4, -0.2) is 81.1 Å². The third kappa shape index (κ3) is 6.69. The second kappa shape index (κ2) is 12.3. The Kier molecular flexibility index (Phi) is 10.1. The third-order valence-corrected chi connectivity index (χ3v) is 5.83. The largest absolute Gasteiger partial charge is 0.369 e. The molecule has 0 spiro atoms. The number of halogens is 2. The van der Waals surface area contributed by atoms with Gasteiger partial charge in [-0.3, -0.25) is 9.79 Å². The molecule has 2 aliphatic heterocycles. The molecule has 9 heteroatoms. The van der Waals surface area contributed by atoms with Crippen LogP contribution in [0, 0.1) is 11.7 Å². The predicted molar refractivity (Wildman–Crippen MR) is 130 cm³/mol. The van der Waals surface area contributed by atoms with Crippen LogP contribution in [0.4, 0.5) is 10.1 Å². The number of nitrogens with one attached hydrogen (secondary N) is 1. The van der Waals surface area contributed by atoms with Gasteiger partial charge in [0.05, 0.1) is 11.6 Å². The van der Waals surface area contributed by atoms with Crippen molar-refractivity contribution in [3.63, 3.8) is 0 Å². The standard InChI is InChI=1S/C21H33FN6O.HI/c1-24-21(25-9-5-11-26-10-4-6-17(16-26)20(23)29)28-14-12-27(13-15-28)19-8-3-2-7-18(19)22;/h2-3,7-8,17H,4-6,9-16H2,1H3,(H2,23,29)(H,24,25);1H. The zero-order valence-electron chi connectivity index (χ0n) is 17.7. The minimum absolute atomic E-state index is 0. The van der Waals surface area contributed by atoms with Gasteiger partial charge in [0.2, 0.25) is 5.91 Å². The molecule has 7 nitrogen and oxygen atoms in total. The van der Waals surface area contributed by atoms with Crippen molar-refractivity contribution >= 4 is 41.5 Å². The lowest BCUT2D eigenvalue weighted by Crippen LogP contribution is -2.53. The Bertz CT molecular complexity index is 710. The molecule has 2 aliphatic rings. The van der Waals surface area contributed by atoms with E-state index >= 15 is 0 Å². The van der Waals surface area contributed by atoms with Crippen LogP contribution >= 0.6 is 24.0 Å². The molecule has 168 valence electrons. The van der Waals surface area contributed by atoms with Crippen LogP contribution in [0.1, 0.15) is 19.3 Å². The summed E-state index contributed by atoms with van der Waals surface area (Å²) in [6, 6.07) is 6.94. The lowest BCUT2D eigenvalue weighted by atomic mass is 9.97. The maximum atomic E-state index is 14.0. The van der Waals surface area contributed by atoms with Gasteiger partial charge in [-0.05, 0) is 44.5 Å². The highest BCUT2D eigenvalue weighted by Crippen LogP contribution is 2.20. The maximum Gasteiger partial charge on any atom is 0.221 e. The van der Waals surface area contributed by atoms with E-state index in [1.54, 1.807) is 13.1 Å². The van der Waals surface area contributed by atoms with Crippen molar-refractivity contribution in [1.82, 2.24) is 15.1 Å². The third-order valence-electron chi connectivity index (χ3n) is 5.83. The normalized spacial score (nSPS) is 20.6. The highest BCUT2D eigenvalue weighted by Gasteiger charge is 2.24. The Morgan fingerprint density at radius 1 is 1.23 bits per heavy atom. The molecule has 1 amide bonds. The van der Waals surface area contributed by atoms with Gasteiger partial charge in [0.25, 0.3) is 0 Å². The van der Waals surface area contributed by atoms with Gasteiger partial charge in [0.1, 0.15) is 5.82 Å². The fourth-order valence-electron chi connectivity index (χ4n) is 4.19. The summed E-state index contributed by atoms with van der Waals surface area (Å²) in [7, 11) is 1.80. The van der Waals surface area contributed by atoms with E-state index in [0.29, 0.717) is 5.69 Å². The highest BCUT2D eigenvalue weighted by atomic mass is 127. The Balaban J connectivity index is 0.00000320. The number of likely N-dealkylation sites (tertiary alicyclic amines) is 1. The van der Waals surface area contributed by atoms with Crippen LogP contribution < -0.4 is 16.0 Å². The summed E-state index contributed by atoms with van der Waals surface area (Å²) in [5.74, 6) is 0.546. The number of hydrogen-bond acceptors (Lipinski definition) is 4. The summed E-state index contributed by atoms with van der Waals surface area (Å²) in [6.45, 7) is 6.75. The van der Waals surface area contributed by atoms with E-state index in [0.717, 1.165) is 77.6 Å². The molecule has 1 aromatic rings. The topological polar surface area (TPSA) is 77.2 Å². The molecule has 0 aromatic heterocycles. The number of benzene rings is 1. The monoisotopic (exact) mass is 532 g/mol. The van der Waals surface area contributed by atoms with Gasteiger partial charge >= 0.3 is 0 Å². The zero-order chi connectivity index (χ0) is 20.6. The molecule has 1 unspecified atom stereocenters. The van der Waals surface area contributed by atoms with E-state index < -0.39 is 0 Å². The van der Waals surface area contributed by atoms with Gasteiger partial charge in [-0.25, -0.2) is 4.39 Å². The molecule has 1 aromatic carbocycles. The first-order valence-electron chi connectivity index (χ1n) is 10.5. The maximum absolute atomic E-state index is 14.0. The zero-order valence-corrected chi connectivity index (χ0v) is 20.1. The molecule has 2 saturated heterocycles. The fourth-order valence-corrected chi connectivity index (χ4v) is 4.19. The molecule has 2 fully saturated rings. The number of anilines is 1. The lowest BCUT2D eigenvalue weighted by Gasteiger charge is -2.37. The van der Waals surface area contributed by atoms with E-state index in [4.69, 9.17) is 5.73 Å². The molecule has 3 N–H and O–H groups in total. The summed E-state index contributed by atoms with van der Waals surface area (Å²) in [5.41, 5.74) is 6.13. The SMILES string of the molecule is CN=C(NCCCN1CCCC(C(N)=O)C1)N1CCN(c2ccccc2F)CC1.I. The number of rotatable bonds is 6. The average molecular weight is 532 g/mol. The summed E-state index contributed by atoms with van der Waals surface area (Å²) in [4.78, 5) is 22.5. The number of carbonyl (C=O) groups is 1. The number of guanidine groups is 1. The smallest absolute Gasteiger partial charge is 0.221 e. The second-order valence-corrected chi connectivity index (χ2v) is 7.80. The molecule has 30 heavy (non-hydrogen) atoms. The Labute approximate surface area is 195 Å². The summed E-state index contributed by atoms with van der Waals surface area (Å²) >= 11 is 0. The van der Waals surface area contributed by atoms with Crippen LogP contribution in [0.3, 0.4) is 0 Å². The molecule has 2 heterocycles. The number of para-hydroxylation sites is 1. The van der Waals surface area contributed by atoms with E-state index in [2.05, 4.69) is 25.0 Å². The first-order chi connectivity index (χ1) is 14.1. The van der Waals surface area contributed by atoms with Crippen molar-refractivity contribution in [2.45, 2.75) is 19.3 Å². The number of nitrogens with zero attached hydrogens (tertiary/aromatic N) is 4. The second-order valence-electron chi connectivity index (χ2n) is 7.80. The molecular formula is C21H34FIN6O. The average Bonchev–Trinajstić information content (AvgIpc) is 2.75. The van der Waals surface area contributed by atoms with Crippen LogP contribution in [0.25, 0.3) is 0 Å². The van der Waals surface area contributed by atoms with Crippen molar-refractivity contribution in [3.05, 3.63) is 30.1 Å². The first kappa shape index (κ1) is 24.6. The molecule has 0 aliphatic carbocycles. The number of amides is 1. The fraction of sp³-hybridized carbons (Fsp3) is 0.619. The van der Waals surface area contributed by atoms with Gasteiger partial charge in [0, 0.05) is 46.3 Å². The number of carbonyl (C=O) groups excluding carboxylic acids is 1. The van der Waals surface area contributed by atoms with Crippen molar-refractivity contribution in [2.75, 3.05) is 64.3 Å². The number of hydrogen-bond donors (Lipinski definition) is 2. The van der Waals surface area contributed by atoms with Crippen LogP contribution in [-0.2, 0) is 4.79 Å². The van der Waals surface area contributed by atoms with Crippen LogP contribution in [0.2, 0.25) is 0 Å². The Morgan fingerprint density at radius 2 is 1.97 bits per heavy atom. The minimum Gasteiger partial charge on any atom is -0.369 e. The molecular weight excluding hydrogens is 498 g/mol. The van der Waals surface area contributed by atoms with Crippen molar-refractivity contribution in [1.29, 1.82) is 0 Å². The van der Waals surface area contributed by atoms with Gasteiger partial charge in [-0.1, -0.05) is 12.1 Å². The molecule has 0 bridgehead atoms. The number of primary amides is 1. The lowest BCUT2D eigenvalue weighted by molar-refractivity contribution is -0.123. The van der Waals surface area contributed by atoms with Crippen molar-refractivity contribution in [2.24, 2.45) is 16.6 Å². The van der Waals surface area contributed by atoms with Crippen molar-refractivity contribution in [3.8, 4) is 0 Å². The molecule has 0 saturated carbocycles. The van der Waals surface area contributed by atoms with Gasteiger partial charge in [-0.2, -0.15) is 0 Å². The van der Waals surface area contributed by atoms with E-state index in [9.17, 15) is 9.18 Å². The summed E-state index contributed by atoms with van der Waals surface area (Å²) < 4.78 is 14.0. The minimum atomic E-state index is -0.178. The first-order valence-corrected chi connectivity index (χ1v) is 10.5. The number of nitrogens with two attached hydrogens (primary N) is 1. The van der Waals surface area contributed by atoms with E-state index in [1.165, 1.54) is 6.07 Å². The number of aliphatic imine (C=N–C) groups is 1. The summed E-state index contributed by atoms with van der Waals surface area (Å²) in [5, 5.41) is 3.44. The molecule has 1 atom stereocenters. The summed E-state index contributed by atoms with van der Waals surface area (Å²) in [6.07, 6.45) is 2.93. The Hall–Kier alpha value is -1.62. The number of piperidine rings is 1. The quantitative estimate of drug-likeness (QED) is 0.253. The van der Waals surface area contributed by atoms with Gasteiger partial charge < -0.3 is 25.8 Å². The number of piperazine rings is 1. The predicted octanol–water partition coefficient (Wildman–Crippen LogP) is 1.73. The van der Waals surface area contributed by atoms with Crippen LogP contribution in [0.5, 0.6) is 0 Å². The van der Waals surface area contributed by atoms with Crippen molar-refractivity contribution < 1.29 is 9.18 Å². The molecule has 0 radical (unpaired) electrons. The van der Waals surface area contributed by atoms with Gasteiger partial charge in [0.15, 0.2) is 5.96 Å². The Morgan fingerprint density at radius 3 is 2.63 bits per heavy atom. The van der Waals surface area contributed by atoms with E-state index in [-0.39, 0.29) is 41.6 Å². The van der Waals surface area contributed by atoms with Crippen LogP contribution in [0.15, 0.2) is 29.3 Å². The highest BCUT2D eigenvalue weighted by molar-refractivity contribution is 14.0. The molecule has 3 rings (SSSR count). The van der Waals surface area contributed by atoms with Gasteiger partial charge in [-0.15, -0.1) is 24.0 Å².